The minimum absolute atomic E-state index is 0.107. The van der Waals surface area contributed by atoms with Crippen molar-refractivity contribution in [1.82, 2.24) is 15.0 Å². The largest absolute Gasteiger partial charge is 0.464 e. The molecule has 0 atom stereocenters. The Bertz CT molecular complexity index is 730. The summed E-state index contributed by atoms with van der Waals surface area (Å²) in [5.74, 6) is 0.834. The summed E-state index contributed by atoms with van der Waals surface area (Å²) in [6.07, 6.45) is 3.85. The van der Waals surface area contributed by atoms with Crippen LogP contribution in [-0.2, 0) is 11.3 Å². The second-order valence-electron chi connectivity index (χ2n) is 5.52. The highest BCUT2D eigenvalue weighted by Crippen LogP contribution is 2.39. The van der Waals surface area contributed by atoms with E-state index in [0.29, 0.717) is 24.1 Å². The van der Waals surface area contributed by atoms with Crippen LogP contribution in [0.5, 0.6) is 0 Å². The number of ether oxygens (including phenoxy) is 1. The van der Waals surface area contributed by atoms with Crippen molar-refractivity contribution in [3.63, 3.8) is 0 Å². The average molecular weight is 333 g/mol. The lowest BCUT2D eigenvalue weighted by Gasteiger charge is -2.11. The first kappa shape index (κ1) is 15.7. The number of aryl methyl sites for hydroxylation is 1. The number of carbonyl (C=O) groups is 1. The number of nitrogens with one attached hydrogen (secondary N) is 1. The van der Waals surface area contributed by atoms with Crippen molar-refractivity contribution in [3.05, 3.63) is 46.1 Å². The Balaban J connectivity index is 1.86. The molecular formula is C16H17ClN4O2. The van der Waals surface area contributed by atoms with Crippen LogP contribution in [0, 0.1) is 6.92 Å². The van der Waals surface area contributed by atoms with E-state index >= 15 is 0 Å². The van der Waals surface area contributed by atoms with Gasteiger partial charge in [-0.1, -0.05) is 17.7 Å². The van der Waals surface area contributed by atoms with Gasteiger partial charge in [0, 0.05) is 24.4 Å². The minimum Gasteiger partial charge on any atom is -0.464 e. The molecule has 1 saturated carbocycles. The molecule has 0 bridgehead atoms. The molecule has 120 valence electrons. The van der Waals surface area contributed by atoms with E-state index in [9.17, 15) is 4.79 Å². The SMILES string of the molecule is COC(=O)c1nc(C2CC2)nc(NCc2ccc(C)nc2)c1Cl. The summed E-state index contributed by atoms with van der Waals surface area (Å²) in [6, 6.07) is 3.92. The molecule has 23 heavy (non-hydrogen) atoms. The van der Waals surface area contributed by atoms with Crippen LogP contribution >= 0.6 is 11.6 Å². The van der Waals surface area contributed by atoms with Crippen molar-refractivity contribution in [2.75, 3.05) is 12.4 Å². The molecule has 0 aliphatic heterocycles. The smallest absolute Gasteiger partial charge is 0.358 e. The van der Waals surface area contributed by atoms with Crippen LogP contribution in [0.4, 0.5) is 5.82 Å². The van der Waals surface area contributed by atoms with Gasteiger partial charge >= 0.3 is 5.97 Å². The number of pyridine rings is 1. The third-order valence-corrected chi connectivity index (χ3v) is 3.98. The van der Waals surface area contributed by atoms with E-state index in [0.717, 1.165) is 24.1 Å². The Morgan fingerprint density at radius 2 is 2.17 bits per heavy atom. The van der Waals surface area contributed by atoms with Crippen molar-refractivity contribution in [2.45, 2.75) is 32.2 Å². The van der Waals surface area contributed by atoms with Crippen LogP contribution in [0.2, 0.25) is 5.02 Å². The molecule has 6 nitrogen and oxygen atoms in total. The lowest BCUT2D eigenvalue weighted by atomic mass is 10.2. The number of nitrogens with zero attached hydrogens (tertiary/aromatic N) is 3. The fourth-order valence-electron chi connectivity index (χ4n) is 2.13. The zero-order valence-corrected chi connectivity index (χ0v) is 13.7. The van der Waals surface area contributed by atoms with Crippen molar-refractivity contribution in [2.24, 2.45) is 0 Å². The molecule has 7 heteroatoms. The Kier molecular flexibility index (Phi) is 4.43. The van der Waals surface area contributed by atoms with Gasteiger partial charge in [-0.15, -0.1) is 0 Å². The fourth-order valence-corrected chi connectivity index (χ4v) is 2.35. The van der Waals surface area contributed by atoms with Crippen molar-refractivity contribution >= 4 is 23.4 Å². The maximum Gasteiger partial charge on any atom is 0.358 e. The van der Waals surface area contributed by atoms with Gasteiger partial charge in [0.05, 0.1) is 7.11 Å². The Morgan fingerprint density at radius 1 is 1.39 bits per heavy atom. The highest BCUT2D eigenvalue weighted by Gasteiger charge is 2.30. The third-order valence-electron chi connectivity index (χ3n) is 3.62. The lowest BCUT2D eigenvalue weighted by molar-refractivity contribution is 0.0593. The number of anilines is 1. The summed E-state index contributed by atoms with van der Waals surface area (Å²) in [6.45, 7) is 2.44. The molecular weight excluding hydrogens is 316 g/mol. The first-order valence-corrected chi connectivity index (χ1v) is 7.77. The first-order valence-electron chi connectivity index (χ1n) is 7.39. The summed E-state index contributed by atoms with van der Waals surface area (Å²) < 4.78 is 4.75. The Labute approximate surface area is 139 Å². The minimum atomic E-state index is -0.556. The van der Waals surface area contributed by atoms with E-state index in [1.807, 2.05) is 19.1 Å². The first-order chi connectivity index (χ1) is 11.1. The molecule has 1 aliphatic carbocycles. The molecule has 2 aromatic rings. The van der Waals surface area contributed by atoms with Crippen LogP contribution in [0.15, 0.2) is 18.3 Å². The van der Waals surface area contributed by atoms with Crippen molar-refractivity contribution < 1.29 is 9.53 Å². The van der Waals surface area contributed by atoms with Crippen molar-refractivity contribution in [3.8, 4) is 0 Å². The summed E-state index contributed by atoms with van der Waals surface area (Å²) in [4.78, 5) is 24.8. The second kappa shape index (κ2) is 6.50. The Hall–Kier alpha value is -2.21. The molecule has 1 aliphatic rings. The summed E-state index contributed by atoms with van der Waals surface area (Å²) in [5.41, 5.74) is 2.06. The maximum atomic E-state index is 11.9. The van der Waals surface area contributed by atoms with E-state index in [-0.39, 0.29) is 10.7 Å². The number of hydrogen-bond donors (Lipinski definition) is 1. The lowest BCUT2D eigenvalue weighted by Crippen LogP contribution is -2.12. The summed E-state index contributed by atoms with van der Waals surface area (Å²) in [7, 11) is 1.31. The van der Waals surface area contributed by atoms with E-state index in [1.165, 1.54) is 7.11 Å². The number of rotatable bonds is 5. The van der Waals surface area contributed by atoms with E-state index < -0.39 is 5.97 Å². The average Bonchev–Trinajstić information content (AvgIpc) is 3.39. The number of methoxy groups -OCH3 is 1. The number of carbonyl (C=O) groups excluding carboxylic acids is 1. The van der Waals surface area contributed by atoms with E-state index in [1.54, 1.807) is 6.20 Å². The van der Waals surface area contributed by atoms with Crippen LogP contribution in [0.25, 0.3) is 0 Å². The van der Waals surface area contributed by atoms with Gasteiger partial charge in [-0.05, 0) is 31.4 Å². The monoisotopic (exact) mass is 332 g/mol. The quantitative estimate of drug-likeness (QED) is 0.848. The van der Waals surface area contributed by atoms with Crippen LogP contribution in [0.1, 0.15) is 46.3 Å². The van der Waals surface area contributed by atoms with Gasteiger partial charge in [-0.2, -0.15) is 0 Å². The molecule has 0 saturated heterocycles. The van der Waals surface area contributed by atoms with Gasteiger partial charge in [0.1, 0.15) is 16.7 Å². The molecule has 0 aromatic carbocycles. The molecule has 2 aromatic heterocycles. The number of esters is 1. The maximum absolute atomic E-state index is 11.9. The van der Waals surface area contributed by atoms with Gasteiger partial charge in [0.2, 0.25) is 0 Å². The van der Waals surface area contributed by atoms with Gasteiger partial charge in [-0.25, -0.2) is 14.8 Å². The third kappa shape index (κ3) is 3.59. The number of hydrogen-bond acceptors (Lipinski definition) is 6. The topological polar surface area (TPSA) is 77.0 Å². The van der Waals surface area contributed by atoms with Crippen LogP contribution in [-0.4, -0.2) is 28.0 Å². The molecule has 1 fully saturated rings. The number of aromatic nitrogens is 3. The van der Waals surface area contributed by atoms with Gasteiger partial charge in [0.25, 0.3) is 0 Å². The highest BCUT2D eigenvalue weighted by atomic mass is 35.5. The normalized spacial score (nSPS) is 13.7. The number of halogens is 1. The molecule has 2 heterocycles. The zero-order valence-electron chi connectivity index (χ0n) is 13.0. The molecule has 0 spiro atoms. The Morgan fingerprint density at radius 3 is 2.78 bits per heavy atom. The summed E-state index contributed by atoms with van der Waals surface area (Å²) >= 11 is 6.27. The second-order valence-corrected chi connectivity index (χ2v) is 5.90. The predicted molar refractivity (Wildman–Crippen MR) is 86.7 cm³/mol. The molecule has 3 rings (SSSR count). The van der Waals surface area contributed by atoms with Crippen molar-refractivity contribution in [1.29, 1.82) is 0 Å². The fraction of sp³-hybridized carbons (Fsp3) is 0.375. The standard InChI is InChI=1S/C16H17ClN4O2/c1-9-3-4-10(7-18-9)8-19-15-12(17)13(16(22)23-2)20-14(21-15)11-5-6-11/h3-4,7,11H,5-6,8H2,1-2H3,(H,19,20,21). The highest BCUT2D eigenvalue weighted by molar-refractivity contribution is 6.35. The van der Waals surface area contributed by atoms with Crippen LogP contribution in [0.3, 0.4) is 0 Å². The van der Waals surface area contributed by atoms with Gasteiger partial charge < -0.3 is 10.1 Å². The van der Waals surface area contributed by atoms with Crippen LogP contribution < -0.4 is 5.32 Å². The predicted octanol–water partition coefficient (Wildman–Crippen LogP) is 3.11. The van der Waals surface area contributed by atoms with Gasteiger partial charge in [-0.3, -0.25) is 4.98 Å². The summed E-state index contributed by atoms with van der Waals surface area (Å²) in [5, 5.41) is 3.34. The molecule has 0 unspecified atom stereocenters. The van der Waals surface area contributed by atoms with E-state index in [2.05, 4.69) is 20.3 Å². The van der Waals surface area contributed by atoms with E-state index in [4.69, 9.17) is 16.3 Å². The molecule has 0 amide bonds. The molecule has 0 radical (unpaired) electrons. The van der Waals surface area contributed by atoms with Gasteiger partial charge in [0.15, 0.2) is 5.69 Å². The molecule has 1 N–H and O–H groups in total. The zero-order chi connectivity index (χ0) is 16.4.